The van der Waals surface area contributed by atoms with Gasteiger partial charge >= 0.3 is 6.09 Å². The van der Waals surface area contributed by atoms with Crippen LogP contribution in [0.15, 0.2) is 42.5 Å². The van der Waals surface area contributed by atoms with E-state index in [1.54, 1.807) is 4.90 Å². The van der Waals surface area contributed by atoms with E-state index in [-0.39, 0.29) is 12.2 Å². The number of aromatic nitrogens is 1. The summed E-state index contributed by atoms with van der Waals surface area (Å²) in [5, 5.41) is 2.43. The average molecular weight is 366 g/mol. The Labute approximate surface area is 159 Å². The van der Waals surface area contributed by atoms with Crippen LogP contribution in [0.25, 0.3) is 21.8 Å². The highest BCUT2D eigenvalue weighted by atomic mass is 16.6. The fourth-order valence-corrected chi connectivity index (χ4v) is 3.58. The molecule has 5 nitrogen and oxygen atoms in total. The van der Waals surface area contributed by atoms with Gasteiger partial charge in [0, 0.05) is 48.3 Å². The number of benzene rings is 2. The van der Waals surface area contributed by atoms with Gasteiger partial charge in [0.2, 0.25) is 0 Å². The maximum Gasteiger partial charge on any atom is 0.410 e. The van der Waals surface area contributed by atoms with Gasteiger partial charge in [-0.05, 0) is 39.0 Å². The summed E-state index contributed by atoms with van der Waals surface area (Å²) < 4.78 is 11.6. The average Bonchev–Trinajstić information content (AvgIpc) is 2.98. The summed E-state index contributed by atoms with van der Waals surface area (Å²) in [5.74, 6) is 0.866. The van der Waals surface area contributed by atoms with Crippen molar-refractivity contribution in [3.05, 3.63) is 42.5 Å². The lowest BCUT2D eigenvalue weighted by Crippen LogP contribution is -2.44. The summed E-state index contributed by atoms with van der Waals surface area (Å²) in [4.78, 5) is 17.4. The lowest BCUT2D eigenvalue weighted by atomic mass is 10.1. The lowest BCUT2D eigenvalue weighted by Gasteiger charge is -2.33. The quantitative estimate of drug-likeness (QED) is 0.686. The van der Waals surface area contributed by atoms with Crippen LogP contribution in [0.3, 0.4) is 0 Å². The summed E-state index contributed by atoms with van der Waals surface area (Å²) in [6.45, 7) is 6.99. The van der Waals surface area contributed by atoms with Gasteiger partial charge in [0.15, 0.2) is 0 Å². The first-order valence-electron chi connectivity index (χ1n) is 9.54. The second kappa shape index (κ2) is 6.80. The Morgan fingerprint density at radius 1 is 1.04 bits per heavy atom. The van der Waals surface area contributed by atoms with Crippen LogP contribution in [-0.4, -0.2) is 40.8 Å². The number of H-pyrrole nitrogens is 1. The van der Waals surface area contributed by atoms with Crippen LogP contribution in [0.5, 0.6) is 5.75 Å². The smallest absolute Gasteiger partial charge is 0.410 e. The van der Waals surface area contributed by atoms with Crippen molar-refractivity contribution in [1.82, 2.24) is 9.88 Å². The molecule has 0 unspecified atom stereocenters. The highest BCUT2D eigenvalue weighted by molar-refractivity contribution is 6.07. The maximum absolute atomic E-state index is 12.2. The molecular formula is C22H26N2O3. The van der Waals surface area contributed by atoms with E-state index < -0.39 is 5.60 Å². The van der Waals surface area contributed by atoms with Crippen LogP contribution in [0, 0.1) is 0 Å². The number of hydrogen-bond acceptors (Lipinski definition) is 3. The molecule has 1 N–H and O–H groups in total. The van der Waals surface area contributed by atoms with E-state index in [1.807, 2.05) is 32.9 Å². The molecule has 4 rings (SSSR count). The number of hydrogen-bond donors (Lipinski definition) is 1. The van der Waals surface area contributed by atoms with Gasteiger partial charge in [-0.3, -0.25) is 0 Å². The van der Waals surface area contributed by atoms with E-state index in [1.165, 1.54) is 10.8 Å². The topological polar surface area (TPSA) is 54.6 Å². The fourth-order valence-electron chi connectivity index (χ4n) is 3.58. The Balaban J connectivity index is 1.40. The molecule has 0 spiro atoms. The van der Waals surface area contributed by atoms with Gasteiger partial charge in [0.1, 0.15) is 17.5 Å². The number of aromatic amines is 1. The first kappa shape index (κ1) is 17.7. The van der Waals surface area contributed by atoms with Crippen molar-refractivity contribution in [3.8, 4) is 5.75 Å². The molecule has 0 radical (unpaired) electrons. The molecule has 142 valence electrons. The van der Waals surface area contributed by atoms with Crippen molar-refractivity contribution in [1.29, 1.82) is 0 Å². The monoisotopic (exact) mass is 366 g/mol. The molecule has 27 heavy (non-hydrogen) atoms. The molecule has 0 saturated carbocycles. The first-order chi connectivity index (χ1) is 12.9. The predicted octanol–water partition coefficient (Wildman–Crippen LogP) is 5.10. The van der Waals surface area contributed by atoms with Crippen LogP contribution < -0.4 is 4.74 Å². The van der Waals surface area contributed by atoms with E-state index in [2.05, 4.69) is 35.3 Å². The van der Waals surface area contributed by atoms with Crippen LogP contribution in [0.4, 0.5) is 4.79 Å². The molecule has 1 aliphatic heterocycles. The van der Waals surface area contributed by atoms with Crippen molar-refractivity contribution < 1.29 is 14.3 Å². The highest BCUT2D eigenvalue weighted by Gasteiger charge is 2.27. The number of ether oxygens (including phenoxy) is 2. The normalized spacial score (nSPS) is 16.0. The zero-order valence-electron chi connectivity index (χ0n) is 16.1. The number of rotatable bonds is 2. The van der Waals surface area contributed by atoms with Crippen LogP contribution in [0.1, 0.15) is 33.6 Å². The van der Waals surface area contributed by atoms with Crippen molar-refractivity contribution >= 4 is 27.9 Å². The molecular weight excluding hydrogens is 340 g/mol. The highest BCUT2D eigenvalue weighted by Crippen LogP contribution is 2.29. The number of carbonyl (C=O) groups excluding carboxylic acids is 1. The van der Waals surface area contributed by atoms with Gasteiger partial charge in [-0.2, -0.15) is 0 Å². The van der Waals surface area contributed by atoms with Gasteiger partial charge in [0.25, 0.3) is 0 Å². The van der Waals surface area contributed by atoms with Gasteiger partial charge < -0.3 is 19.4 Å². The minimum Gasteiger partial charge on any atom is -0.490 e. The molecule has 3 aromatic rings. The molecule has 2 aromatic carbocycles. The number of nitrogens with one attached hydrogen (secondary N) is 1. The molecule has 1 aromatic heterocycles. The zero-order chi connectivity index (χ0) is 19.0. The second-order valence-corrected chi connectivity index (χ2v) is 8.16. The van der Waals surface area contributed by atoms with E-state index in [0.29, 0.717) is 13.1 Å². The lowest BCUT2D eigenvalue weighted by molar-refractivity contribution is 0.0127. The van der Waals surface area contributed by atoms with Crippen LogP contribution in [-0.2, 0) is 4.74 Å². The number of piperidine rings is 1. The number of fused-ring (bicyclic) bond motifs is 3. The zero-order valence-corrected chi connectivity index (χ0v) is 16.1. The van der Waals surface area contributed by atoms with Crippen molar-refractivity contribution in [3.63, 3.8) is 0 Å². The Kier molecular flexibility index (Phi) is 4.46. The largest absolute Gasteiger partial charge is 0.490 e. The van der Waals surface area contributed by atoms with Crippen molar-refractivity contribution in [2.45, 2.75) is 45.3 Å². The summed E-state index contributed by atoms with van der Waals surface area (Å²) in [7, 11) is 0. The summed E-state index contributed by atoms with van der Waals surface area (Å²) >= 11 is 0. The summed E-state index contributed by atoms with van der Waals surface area (Å²) in [6.07, 6.45) is 1.50. The van der Waals surface area contributed by atoms with E-state index in [4.69, 9.17) is 9.47 Å². The van der Waals surface area contributed by atoms with Gasteiger partial charge in [-0.1, -0.05) is 18.2 Å². The third kappa shape index (κ3) is 3.87. The Bertz CT molecular complexity index is 963. The minimum atomic E-state index is -0.459. The third-order valence-corrected chi connectivity index (χ3v) is 4.87. The summed E-state index contributed by atoms with van der Waals surface area (Å²) in [6, 6.07) is 14.5. The predicted molar refractivity (Wildman–Crippen MR) is 107 cm³/mol. The van der Waals surface area contributed by atoms with Crippen molar-refractivity contribution in [2.75, 3.05) is 13.1 Å². The number of amides is 1. The molecule has 2 heterocycles. The van der Waals surface area contributed by atoms with Crippen LogP contribution >= 0.6 is 0 Å². The standard InChI is InChI=1S/C22H26N2O3/c1-22(2,3)27-21(25)24-12-10-15(11-13-24)26-16-8-9-18-17-6-4-5-7-19(17)23-20(18)14-16/h4-9,14-15,23H,10-13H2,1-3H3. The van der Waals surface area contributed by atoms with Crippen molar-refractivity contribution in [2.24, 2.45) is 0 Å². The Morgan fingerprint density at radius 2 is 1.74 bits per heavy atom. The first-order valence-corrected chi connectivity index (χ1v) is 9.54. The fraction of sp³-hybridized carbons (Fsp3) is 0.409. The number of carbonyl (C=O) groups is 1. The third-order valence-electron chi connectivity index (χ3n) is 4.87. The molecule has 5 heteroatoms. The minimum absolute atomic E-state index is 0.116. The molecule has 1 saturated heterocycles. The molecule has 0 aliphatic carbocycles. The molecule has 0 bridgehead atoms. The molecule has 1 aliphatic rings. The maximum atomic E-state index is 12.2. The van der Waals surface area contributed by atoms with Crippen LogP contribution in [0.2, 0.25) is 0 Å². The second-order valence-electron chi connectivity index (χ2n) is 8.16. The summed E-state index contributed by atoms with van der Waals surface area (Å²) in [5.41, 5.74) is 1.76. The van der Waals surface area contributed by atoms with E-state index >= 15 is 0 Å². The number of para-hydroxylation sites is 1. The Morgan fingerprint density at radius 3 is 2.48 bits per heavy atom. The van der Waals surface area contributed by atoms with E-state index in [0.717, 1.165) is 29.6 Å². The number of likely N-dealkylation sites (tertiary alicyclic amines) is 1. The van der Waals surface area contributed by atoms with Gasteiger partial charge in [-0.15, -0.1) is 0 Å². The number of nitrogens with zero attached hydrogens (tertiary/aromatic N) is 1. The van der Waals surface area contributed by atoms with Gasteiger partial charge in [0.05, 0.1) is 5.52 Å². The van der Waals surface area contributed by atoms with E-state index in [9.17, 15) is 4.79 Å². The molecule has 0 atom stereocenters. The Hall–Kier alpha value is -2.69. The molecule has 1 fully saturated rings. The molecule has 1 amide bonds. The SMILES string of the molecule is CC(C)(C)OC(=O)N1CCC(Oc2ccc3c(c2)[nH]c2ccccc23)CC1. The van der Waals surface area contributed by atoms with Gasteiger partial charge in [-0.25, -0.2) is 4.79 Å².